The van der Waals surface area contributed by atoms with Crippen LogP contribution in [-0.2, 0) is 42.1 Å². The fourth-order valence-corrected chi connectivity index (χ4v) is 9.93. The van der Waals surface area contributed by atoms with E-state index in [4.69, 9.17) is 16.3 Å². The maximum atomic E-state index is 16.4. The predicted molar refractivity (Wildman–Crippen MR) is 238 cm³/mol. The number of carbonyl (C=O) groups is 4. The third-order valence-electron chi connectivity index (χ3n) is 11.9. The number of sulfone groups is 1. The molecule has 334 valence electrons. The summed E-state index contributed by atoms with van der Waals surface area (Å²) in [7, 11) is -1.66. The molecule has 0 spiro atoms. The smallest absolute Gasteiger partial charge is 0.243 e. The van der Waals surface area contributed by atoms with Crippen LogP contribution in [0.2, 0.25) is 5.02 Å². The number of ketones is 1. The Balaban J connectivity index is 1.04. The summed E-state index contributed by atoms with van der Waals surface area (Å²) in [5.41, 5.74) is 3.99. The summed E-state index contributed by atoms with van der Waals surface area (Å²) in [6.45, 7) is 11.0. The number of nitrogens with zero attached hydrogens (tertiary/aromatic N) is 5. The summed E-state index contributed by atoms with van der Waals surface area (Å²) < 4.78 is 48.9. The lowest BCUT2D eigenvalue weighted by atomic mass is 9.96. The van der Waals surface area contributed by atoms with Gasteiger partial charge < -0.3 is 20.3 Å². The molecule has 3 aliphatic heterocycles. The standard InChI is InChI=1S/C45H52ClFN8O7S/c1-25(2)62-37-20-35(27(5)19-33(37)50-45-48-21-31(46)43(52-45)49-32-9-7-8-10-38(32)63(60,61)26(3)4)54-17-15-30(16-18-54)53(6)22-29-12-11-28-23-55(34-13-14-39(58)51-44(34)59)42(36(57)24-56)40(28)41(29)47/h7-12,19-21,24-26,30,34,42H,13-18,22-23H2,1-6H3,(H,51,58,59)(H2,48,49,50,52). The maximum Gasteiger partial charge on any atom is 0.243 e. The summed E-state index contributed by atoms with van der Waals surface area (Å²) in [5, 5.41) is 8.23. The van der Waals surface area contributed by atoms with E-state index in [1.54, 1.807) is 50.2 Å². The van der Waals surface area contributed by atoms with E-state index in [1.165, 1.54) is 11.1 Å². The number of ether oxygens (including phenoxy) is 1. The number of nitrogens with one attached hydrogen (secondary N) is 3. The molecule has 15 nitrogen and oxygen atoms in total. The van der Waals surface area contributed by atoms with Crippen molar-refractivity contribution in [1.29, 1.82) is 0 Å². The molecule has 2 unspecified atom stereocenters. The molecule has 2 amide bonds. The lowest BCUT2D eigenvalue weighted by Crippen LogP contribution is -2.52. The Hall–Kier alpha value is -5.49. The minimum Gasteiger partial charge on any atom is -0.489 e. The Morgan fingerprint density at radius 3 is 2.48 bits per heavy atom. The molecule has 4 heterocycles. The zero-order chi connectivity index (χ0) is 45.3. The number of anilines is 5. The fourth-order valence-electron chi connectivity index (χ4n) is 8.59. The highest BCUT2D eigenvalue weighted by molar-refractivity contribution is 7.92. The average Bonchev–Trinajstić information content (AvgIpc) is 3.63. The molecule has 2 fully saturated rings. The Kier molecular flexibility index (Phi) is 13.5. The van der Waals surface area contributed by atoms with Crippen molar-refractivity contribution in [3.05, 3.63) is 87.8 Å². The number of benzene rings is 3. The van der Waals surface area contributed by atoms with Gasteiger partial charge in [0, 0.05) is 61.5 Å². The number of hydrogen-bond acceptors (Lipinski definition) is 14. The number of aromatic nitrogens is 2. The zero-order valence-electron chi connectivity index (χ0n) is 36.1. The third kappa shape index (κ3) is 9.56. The van der Waals surface area contributed by atoms with Gasteiger partial charge in [-0.15, -0.1) is 0 Å². The lowest BCUT2D eigenvalue weighted by molar-refractivity contribution is -0.141. The van der Waals surface area contributed by atoms with Crippen LogP contribution < -0.4 is 25.6 Å². The minimum atomic E-state index is -3.61. The van der Waals surface area contributed by atoms with Gasteiger partial charge in [0.15, 0.2) is 21.9 Å². The van der Waals surface area contributed by atoms with E-state index in [-0.39, 0.29) is 71.6 Å². The highest BCUT2D eigenvalue weighted by Crippen LogP contribution is 2.41. The van der Waals surface area contributed by atoms with Gasteiger partial charge in [-0.2, -0.15) is 4.98 Å². The minimum absolute atomic E-state index is 0.0885. The van der Waals surface area contributed by atoms with Crippen molar-refractivity contribution >= 4 is 74.2 Å². The molecule has 4 aromatic rings. The van der Waals surface area contributed by atoms with E-state index >= 15 is 4.39 Å². The zero-order valence-corrected chi connectivity index (χ0v) is 37.6. The Morgan fingerprint density at radius 2 is 1.79 bits per heavy atom. The van der Waals surface area contributed by atoms with Gasteiger partial charge >= 0.3 is 0 Å². The number of piperidine rings is 2. The predicted octanol–water partition coefficient (Wildman–Crippen LogP) is 6.56. The molecule has 2 saturated heterocycles. The van der Waals surface area contributed by atoms with Crippen LogP contribution in [-0.4, -0.2) is 95.6 Å². The number of Topliss-reactive ketones (excluding diaryl/α,β-unsaturated/α-hetero) is 1. The largest absolute Gasteiger partial charge is 0.489 e. The Bertz CT molecular complexity index is 2550. The fraction of sp³-hybridized carbons (Fsp3) is 0.422. The second-order valence-electron chi connectivity index (χ2n) is 16.8. The van der Waals surface area contributed by atoms with Crippen LogP contribution in [0.1, 0.15) is 81.7 Å². The maximum absolute atomic E-state index is 16.4. The molecule has 0 radical (unpaired) electrons. The number of aryl methyl sites for hydroxylation is 1. The molecule has 18 heteroatoms. The van der Waals surface area contributed by atoms with Crippen molar-refractivity contribution in [3.8, 4) is 5.75 Å². The van der Waals surface area contributed by atoms with Gasteiger partial charge in [0.05, 0.1) is 39.9 Å². The summed E-state index contributed by atoms with van der Waals surface area (Å²) in [6, 6.07) is 12.1. The molecule has 0 saturated carbocycles. The normalized spacial score (nSPS) is 18.5. The van der Waals surface area contributed by atoms with Gasteiger partial charge in [-0.25, -0.2) is 17.8 Å². The summed E-state index contributed by atoms with van der Waals surface area (Å²) in [6.07, 6.45) is 3.29. The number of carbonyl (C=O) groups excluding carboxylic acids is 4. The van der Waals surface area contributed by atoms with E-state index in [0.717, 1.165) is 37.2 Å². The first kappa shape index (κ1) is 45.5. The average molecular weight is 903 g/mol. The van der Waals surface area contributed by atoms with Gasteiger partial charge in [-0.1, -0.05) is 35.9 Å². The van der Waals surface area contributed by atoms with Gasteiger partial charge in [0.1, 0.15) is 22.6 Å². The molecule has 0 aliphatic carbocycles. The number of para-hydroxylation sites is 1. The van der Waals surface area contributed by atoms with Crippen molar-refractivity contribution in [2.75, 3.05) is 35.7 Å². The van der Waals surface area contributed by atoms with Crippen LogP contribution >= 0.6 is 11.6 Å². The summed E-state index contributed by atoms with van der Waals surface area (Å²) in [4.78, 5) is 64.4. The van der Waals surface area contributed by atoms with Gasteiger partial charge in [-0.05, 0) is 90.3 Å². The lowest BCUT2D eigenvalue weighted by Gasteiger charge is -2.39. The van der Waals surface area contributed by atoms with Crippen molar-refractivity contribution < 1.29 is 36.7 Å². The van der Waals surface area contributed by atoms with Gasteiger partial charge in [0.25, 0.3) is 0 Å². The van der Waals surface area contributed by atoms with Crippen molar-refractivity contribution in [3.63, 3.8) is 0 Å². The number of amides is 2. The monoisotopic (exact) mass is 902 g/mol. The Morgan fingerprint density at radius 1 is 1.06 bits per heavy atom. The highest BCUT2D eigenvalue weighted by Gasteiger charge is 2.45. The van der Waals surface area contributed by atoms with Crippen LogP contribution in [0.5, 0.6) is 5.75 Å². The number of imide groups is 1. The van der Waals surface area contributed by atoms with Gasteiger partial charge in [-0.3, -0.25) is 34.3 Å². The van der Waals surface area contributed by atoms with Crippen LogP contribution in [0.3, 0.4) is 0 Å². The number of fused-ring (bicyclic) bond motifs is 1. The molecule has 3 N–H and O–H groups in total. The Labute approximate surface area is 371 Å². The first-order valence-corrected chi connectivity index (χ1v) is 22.9. The summed E-state index contributed by atoms with van der Waals surface area (Å²) in [5.74, 6) is -1.34. The van der Waals surface area contributed by atoms with E-state index in [0.29, 0.717) is 28.3 Å². The number of halogens is 2. The highest BCUT2D eigenvalue weighted by atomic mass is 35.5. The second-order valence-corrected chi connectivity index (χ2v) is 19.7. The molecule has 3 aromatic carbocycles. The van der Waals surface area contributed by atoms with E-state index in [9.17, 15) is 27.6 Å². The first-order chi connectivity index (χ1) is 30.0. The van der Waals surface area contributed by atoms with Crippen LogP contribution in [0, 0.1) is 12.7 Å². The molecule has 1 aromatic heterocycles. The topological polar surface area (TPSA) is 183 Å². The quantitative estimate of drug-likeness (QED) is 0.0662. The SMILES string of the molecule is Cc1cc(Nc2ncc(Cl)c(Nc3ccccc3S(=O)(=O)C(C)C)n2)c(OC(C)C)cc1N1CCC(N(C)Cc2ccc3c(c2F)C(C(=O)C=O)N(C2CCC(=O)NC2=O)C3)CC1. The first-order valence-electron chi connectivity index (χ1n) is 21.0. The number of rotatable bonds is 15. The molecule has 63 heavy (non-hydrogen) atoms. The molecule has 3 aliphatic rings. The van der Waals surface area contributed by atoms with Crippen molar-refractivity contribution in [1.82, 2.24) is 25.1 Å². The van der Waals surface area contributed by atoms with E-state index in [2.05, 4.69) is 35.7 Å². The van der Waals surface area contributed by atoms with Crippen LogP contribution in [0.15, 0.2) is 59.6 Å². The molecular weight excluding hydrogens is 851 g/mol. The van der Waals surface area contributed by atoms with E-state index < -0.39 is 50.6 Å². The third-order valence-corrected chi connectivity index (χ3v) is 14.4. The second kappa shape index (κ2) is 18.7. The molecule has 0 bridgehead atoms. The number of aldehydes is 1. The molecule has 7 rings (SSSR count). The van der Waals surface area contributed by atoms with Crippen molar-refractivity contribution in [2.24, 2.45) is 0 Å². The van der Waals surface area contributed by atoms with Crippen molar-refractivity contribution in [2.45, 2.75) is 108 Å². The number of hydrogen-bond donors (Lipinski definition) is 3. The molecular formula is C45H52ClFN8O7S. The molecule has 2 atom stereocenters. The summed E-state index contributed by atoms with van der Waals surface area (Å²) >= 11 is 6.51. The van der Waals surface area contributed by atoms with Gasteiger partial charge in [0.2, 0.25) is 23.5 Å². The van der Waals surface area contributed by atoms with Crippen LogP contribution in [0.4, 0.5) is 33.2 Å². The van der Waals surface area contributed by atoms with E-state index in [1.807, 2.05) is 40.0 Å². The van der Waals surface area contributed by atoms with Crippen LogP contribution in [0.25, 0.3) is 0 Å².